The molecular formula is C30H46N6O. The lowest BCUT2D eigenvalue weighted by Crippen LogP contribution is -2.50. The highest BCUT2D eigenvalue weighted by Crippen LogP contribution is 2.51. The predicted octanol–water partition coefficient (Wildman–Crippen LogP) is 5.91. The molecule has 3 N–H and O–H groups in total. The number of ether oxygens (including phenoxy) is 1. The van der Waals surface area contributed by atoms with Crippen LogP contribution < -0.4 is 16.0 Å². The lowest BCUT2D eigenvalue weighted by atomic mass is 9.57. The highest BCUT2D eigenvalue weighted by molar-refractivity contribution is 5.63. The van der Waals surface area contributed by atoms with Crippen molar-refractivity contribution in [1.82, 2.24) is 20.2 Å². The van der Waals surface area contributed by atoms with E-state index in [1.54, 1.807) is 6.20 Å². The van der Waals surface area contributed by atoms with E-state index in [1.165, 1.54) is 32.1 Å². The summed E-state index contributed by atoms with van der Waals surface area (Å²) in [6, 6.07) is 10.7. The SMILES string of the molecule is C=C(NC1CC(CCCC)(C(C)C)C1)c1ccnc(Nc2cccc(NCCCN3CCOCC3)c2)n1. The molecule has 7 nitrogen and oxygen atoms in total. The van der Waals surface area contributed by atoms with Crippen LogP contribution in [0.1, 0.15) is 65.0 Å². The zero-order valence-corrected chi connectivity index (χ0v) is 23.1. The Morgan fingerprint density at radius 1 is 1.16 bits per heavy atom. The average Bonchev–Trinajstić information content (AvgIpc) is 2.88. The van der Waals surface area contributed by atoms with Crippen LogP contribution in [0.2, 0.25) is 0 Å². The number of hydrogen-bond acceptors (Lipinski definition) is 7. The van der Waals surface area contributed by atoms with Crippen LogP contribution in [0.3, 0.4) is 0 Å². The molecule has 1 aliphatic heterocycles. The monoisotopic (exact) mass is 506 g/mol. The van der Waals surface area contributed by atoms with Gasteiger partial charge in [0.1, 0.15) is 0 Å². The highest BCUT2D eigenvalue weighted by Gasteiger charge is 2.45. The molecule has 2 aromatic rings. The van der Waals surface area contributed by atoms with Crippen molar-refractivity contribution in [1.29, 1.82) is 0 Å². The summed E-state index contributed by atoms with van der Waals surface area (Å²) in [5.41, 5.74) is 4.25. The Labute approximate surface area is 223 Å². The quantitative estimate of drug-likeness (QED) is 0.275. The van der Waals surface area contributed by atoms with Gasteiger partial charge in [0.2, 0.25) is 5.95 Å². The Morgan fingerprint density at radius 3 is 2.70 bits per heavy atom. The molecule has 0 amide bonds. The number of rotatable bonds is 14. The van der Waals surface area contributed by atoms with Crippen molar-refractivity contribution in [2.75, 3.05) is 50.0 Å². The number of anilines is 3. The summed E-state index contributed by atoms with van der Waals surface area (Å²) in [7, 11) is 0. The van der Waals surface area contributed by atoms with Crippen LogP contribution in [0, 0.1) is 11.3 Å². The lowest BCUT2D eigenvalue weighted by molar-refractivity contribution is 0.0247. The summed E-state index contributed by atoms with van der Waals surface area (Å²) in [6.07, 6.45) is 9.25. The van der Waals surface area contributed by atoms with Gasteiger partial charge in [-0.05, 0) is 67.8 Å². The van der Waals surface area contributed by atoms with Crippen molar-refractivity contribution >= 4 is 23.0 Å². The lowest BCUT2D eigenvalue weighted by Gasteiger charge is -2.52. The van der Waals surface area contributed by atoms with Gasteiger partial charge in [-0.1, -0.05) is 46.3 Å². The third kappa shape index (κ3) is 7.68. The summed E-state index contributed by atoms with van der Waals surface area (Å²) in [6.45, 7) is 17.2. The zero-order chi connectivity index (χ0) is 26.1. The van der Waals surface area contributed by atoms with Gasteiger partial charge in [0, 0.05) is 43.2 Å². The highest BCUT2D eigenvalue weighted by atomic mass is 16.5. The van der Waals surface area contributed by atoms with Crippen LogP contribution in [0.15, 0.2) is 43.1 Å². The fourth-order valence-corrected chi connectivity index (χ4v) is 5.62. The molecule has 1 aromatic carbocycles. The Bertz CT molecular complexity index is 997. The normalized spacial score (nSPS) is 21.9. The fourth-order valence-electron chi connectivity index (χ4n) is 5.62. The molecule has 1 saturated heterocycles. The van der Waals surface area contributed by atoms with Crippen LogP contribution in [-0.4, -0.2) is 60.3 Å². The number of benzene rings is 1. The third-order valence-electron chi connectivity index (χ3n) is 8.10. The zero-order valence-electron chi connectivity index (χ0n) is 23.1. The maximum absolute atomic E-state index is 5.43. The number of aromatic nitrogens is 2. The van der Waals surface area contributed by atoms with Crippen LogP contribution in [0.5, 0.6) is 0 Å². The summed E-state index contributed by atoms with van der Waals surface area (Å²) < 4.78 is 5.43. The van der Waals surface area contributed by atoms with Crippen molar-refractivity contribution in [3.63, 3.8) is 0 Å². The number of hydrogen-bond donors (Lipinski definition) is 3. The van der Waals surface area contributed by atoms with Crippen LogP contribution in [0.25, 0.3) is 5.70 Å². The first-order valence-corrected chi connectivity index (χ1v) is 14.2. The molecule has 7 heteroatoms. The second kappa shape index (κ2) is 13.2. The van der Waals surface area contributed by atoms with E-state index in [0.717, 1.165) is 74.5 Å². The largest absolute Gasteiger partial charge is 0.385 e. The van der Waals surface area contributed by atoms with Crippen LogP contribution >= 0.6 is 0 Å². The van der Waals surface area contributed by atoms with E-state index < -0.39 is 0 Å². The number of unbranched alkanes of at least 4 members (excludes halogenated alkanes) is 1. The van der Waals surface area contributed by atoms with E-state index in [4.69, 9.17) is 9.72 Å². The maximum atomic E-state index is 5.43. The Morgan fingerprint density at radius 2 is 1.95 bits per heavy atom. The van der Waals surface area contributed by atoms with Crippen molar-refractivity contribution < 1.29 is 4.74 Å². The molecule has 0 atom stereocenters. The molecule has 1 aliphatic carbocycles. The number of nitrogens with one attached hydrogen (secondary N) is 3. The summed E-state index contributed by atoms with van der Waals surface area (Å²) >= 11 is 0. The smallest absolute Gasteiger partial charge is 0.227 e. The molecule has 0 bridgehead atoms. The molecule has 2 aliphatic rings. The standard InChI is InChI=1S/C30H46N6O/c1-5-6-12-30(23(2)3)21-27(22-30)33-24(4)28-11-14-32-29(35-28)34-26-10-7-9-25(20-26)31-13-8-15-36-16-18-37-19-17-36/h7,9-11,14,20,23,27,31,33H,4-6,8,12-13,15-19,21-22H2,1-3H3,(H,32,34,35). The Hall–Kier alpha value is -2.64. The fraction of sp³-hybridized carbons (Fsp3) is 0.600. The molecule has 2 fully saturated rings. The van der Waals surface area contributed by atoms with Gasteiger partial charge in [0.05, 0.1) is 24.6 Å². The topological polar surface area (TPSA) is 74.3 Å². The van der Waals surface area contributed by atoms with Crippen LogP contribution in [-0.2, 0) is 4.74 Å². The average molecular weight is 507 g/mol. The summed E-state index contributed by atoms with van der Waals surface area (Å²) in [4.78, 5) is 11.6. The van der Waals surface area contributed by atoms with Gasteiger partial charge < -0.3 is 20.7 Å². The minimum Gasteiger partial charge on any atom is -0.385 e. The third-order valence-corrected chi connectivity index (χ3v) is 8.10. The maximum Gasteiger partial charge on any atom is 0.227 e. The van der Waals surface area contributed by atoms with E-state index in [2.05, 4.69) is 65.3 Å². The van der Waals surface area contributed by atoms with Crippen LogP contribution in [0.4, 0.5) is 17.3 Å². The summed E-state index contributed by atoms with van der Waals surface area (Å²) in [5.74, 6) is 1.30. The predicted molar refractivity (Wildman–Crippen MR) is 154 cm³/mol. The van der Waals surface area contributed by atoms with Crippen molar-refractivity contribution in [3.8, 4) is 0 Å². The van der Waals surface area contributed by atoms with Gasteiger partial charge in [-0.15, -0.1) is 0 Å². The molecule has 2 heterocycles. The van der Waals surface area contributed by atoms with Gasteiger partial charge in [0.25, 0.3) is 0 Å². The van der Waals surface area contributed by atoms with E-state index in [0.29, 0.717) is 17.4 Å². The molecule has 1 saturated carbocycles. The van der Waals surface area contributed by atoms with Gasteiger partial charge >= 0.3 is 0 Å². The molecule has 202 valence electrons. The molecule has 0 unspecified atom stereocenters. The molecule has 4 rings (SSSR count). The molecule has 1 aromatic heterocycles. The van der Waals surface area contributed by atoms with Gasteiger partial charge in [-0.25, -0.2) is 9.97 Å². The van der Waals surface area contributed by atoms with E-state index in [9.17, 15) is 0 Å². The second-order valence-corrected chi connectivity index (χ2v) is 11.1. The number of nitrogens with zero attached hydrogens (tertiary/aromatic N) is 3. The van der Waals surface area contributed by atoms with Crippen molar-refractivity contribution in [3.05, 3.63) is 48.8 Å². The van der Waals surface area contributed by atoms with Gasteiger partial charge in [-0.3, -0.25) is 4.90 Å². The first kappa shape index (κ1) is 27.4. The molecule has 0 radical (unpaired) electrons. The summed E-state index contributed by atoms with van der Waals surface area (Å²) in [5, 5.41) is 10.5. The molecule has 37 heavy (non-hydrogen) atoms. The first-order chi connectivity index (χ1) is 18.0. The minimum absolute atomic E-state index is 0.476. The van der Waals surface area contributed by atoms with Gasteiger partial charge in [-0.2, -0.15) is 0 Å². The van der Waals surface area contributed by atoms with Crippen molar-refractivity contribution in [2.24, 2.45) is 11.3 Å². The first-order valence-electron chi connectivity index (χ1n) is 14.2. The van der Waals surface area contributed by atoms with E-state index in [-0.39, 0.29) is 0 Å². The van der Waals surface area contributed by atoms with Gasteiger partial charge in [0.15, 0.2) is 0 Å². The second-order valence-electron chi connectivity index (χ2n) is 11.1. The number of morpholine rings is 1. The Balaban J connectivity index is 1.25. The molecule has 0 spiro atoms. The van der Waals surface area contributed by atoms with Crippen molar-refractivity contribution in [2.45, 2.75) is 65.3 Å². The van der Waals surface area contributed by atoms with E-state index in [1.807, 2.05) is 18.2 Å². The van der Waals surface area contributed by atoms with E-state index >= 15 is 0 Å². The Kier molecular flexibility index (Phi) is 9.81. The molecular weight excluding hydrogens is 460 g/mol. The minimum atomic E-state index is 0.476.